The quantitative estimate of drug-likeness (QED) is 0.804. The minimum Gasteiger partial charge on any atom is -0.335 e. The second kappa shape index (κ2) is 5.36. The number of hydrogen-bond donors (Lipinski definition) is 0. The fraction of sp³-hybridized carbons (Fsp3) is 0.588. The second-order valence-electron chi connectivity index (χ2n) is 6.75. The first kappa shape index (κ1) is 14.1. The van der Waals surface area contributed by atoms with Gasteiger partial charge in [0.25, 0.3) is 0 Å². The zero-order valence-electron chi connectivity index (χ0n) is 12.5. The molecule has 2 rings (SSSR count). The van der Waals surface area contributed by atoms with Crippen molar-refractivity contribution in [2.24, 2.45) is 11.3 Å². The third kappa shape index (κ3) is 3.59. The van der Waals surface area contributed by atoms with E-state index in [1.165, 1.54) is 18.4 Å². The van der Waals surface area contributed by atoms with Gasteiger partial charge < -0.3 is 4.90 Å². The molecule has 104 valence electrons. The number of rotatable bonds is 4. The van der Waals surface area contributed by atoms with E-state index in [1.807, 2.05) is 39.0 Å². The maximum Gasteiger partial charge on any atom is 0.228 e. The van der Waals surface area contributed by atoms with E-state index in [0.717, 1.165) is 6.54 Å². The summed E-state index contributed by atoms with van der Waals surface area (Å²) >= 11 is 0. The molecular formula is C17H25NO. The molecule has 0 aliphatic heterocycles. The van der Waals surface area contributed by atoms with Gasteiger partial charge in [0, 0.05) is 18.0 Å². The fourth-order valence-electron chi connectivity index (χ4n) is 2.44. The van der Waals surface area contributed by atoms with Crippen LogP contribution in [0, 0.1) is 11.3 Å². The maximum atomic E-state index is 12.7. The highest BCUT2D eigenvalue weighted by Crippen LogP contribution is 2.37. The zero-order chi connectivity index (χ0) is 14.0. The van der Waals surface area contributed by atoms with Crippen LogP contribution < -0.4 is 0 Å². The lowest BCUT2D eigenvalue weighted by Gasteiger charge is -2.34. The smallest absolute Gasteiger partial charge is 0.228 e. The Labute approximate surface area is 116 Å². The molecule has 0 saturated heterocycles. The summed E-state index contributed by atoms with van der Waals surface area (Å²) in [5, 5.41) is 0. The van der Waals surface area contributed by atoms with Crippen LogP contribution in [-0.2, 0) is 11.3 Å². The van der Waals surface area contributed by atoms with Crippen molar-refractivity contribution in [1.82, 2.24) is 4.90 Å². The fourth-order valence-corrected chi connectivity index (χ4v) is 2.44. The highest BCUT2D eigenvalue weighted by molar-refractivity contribution is 5.81. The van der Waals surface area contributed by atoms with Gasteiger partial charge in [0.2, 0.25) is 5.91 Å². The predicted molar refractivity (Wildman–Crippen MR) is 78.6 cm³/mol. The first-order chi connectivity index (χ1) is 8.89. The lowest BCUT2D eigenvalue weighted by atomic mass is 9.93. The zero-order valence-corrected chi connectivity index (χ0v) is 12.5. The van der Waals surface area contributed by atoms with Gasteiger partial charge in [-0.3, -0.25) is 4.79 Å². The van der Waals surface area contributed by atoms with Crippen LogP contribution in [0.25, 0.3) is 0 Å². The van der Waals surface area contributed by atoms with Gasteiger partial charge in [0.15, 0.2) is 0 Å². The molecule has 1 fully saturated rings. The van der Waals surface area contributed by atoms with E-state index in [-0.39, 0.29) is 11.3 Å². The summed E-state index contributed by atoms with van der Waals surface area (Å²) in [4.78, 5) is 14.7. The van der Waals surface area contributed by atoms with E-state index in [2.05, 4.69) is 24.0 Å². The highest BCUT2D eigenvalue weighted by Gasteiger charge is 2.37. The molecule has 1 aromatic carbocycles. The normalized spacial score (nSPS) is 17.1. The molecule has 2 heteroatoms. The van der Waals surface area contributed by atoms with Crippen molar-refractivity contribution >= 4 is 5.91 Å². The van der Waals surface area contributed by atoms with Crippen molar-refractivity contribution in [2.75, 3.05) is 0 Å². The molecule has 1 saturated carbocycles. The molecule has 1 aromatic rings. The van der Waals surface area contributed by atoms with Gasteiger partial charge in [0.1, 0.15) is 0 Å². The summed E-state index contributed by atoms with van der Waals surface area (Å²) in [5.41, 5.74) is 0.908. The van der Waals surface area contributed by atoms with Crippen LogP contribution >= 0.6 is 0 Å². The average Bonchev–Trinajstić information content (AvgIpc) is 3.18. The van der Waals surface area contributed by atoms with Crippen LogP contribution in [0.3, 0.4) is 0 Å². The van der Waals surface area contributed by atoms with Gasteiger partial charge in [0.05, 0.1) is 0 Å². The Morgan fingerprint density at radius 3 is 2.32 bits per heavy atom. The molecule has 19 heavy (non-hydrogen) atoms. The first-order valence-electron chi connectivity index (χ1n) is 7.24. The molecular weight excluding hydrogens is 234 g/mol. The van der Waals surface area contributed by atoms with Gasteiger partial charge in [-0.05, 0) is 31.2 Å². The minimum absolute atomic E-state index is 0.260. The summed E-state index contributed by atoms with van der Waals surface area (Å²) < 4.78 is 0. The van der Waals surface area contributed by atoms with Gasteiger partial charge >= 0.3 is 0 Å². The molecule has 1 aliphatic rings. The van der Waals surface area contributed by atoms with E-state index >= 15 is 0 Å². The van der Waals surface area contributed by atoms with E-state index in [4.69, 9.17) is 0 Å². The van der Waals surface area contributed by atoms with Crippen molar-refractivity contribution in [3.63, 3.8) is 0 Å². The Kier molecular flexibility index (Phi) is 3.98. The van der Waals surface area contributed by atoms with Crippen molar-refractivity contribution < 1.29 is 4.79 Å². The predicted octanol–water partition coefficient (Wildman–Crippen LogP) is 3.86. The highest BCUT2D eigenvalue weighted by atomic mass is 16.2. The average molecular weight is 259 g/mol. The Bertz CT molecular complexity index is 428. The summed E-state index contributed by atoms with van der Waals surface area (Å²) in [6, 6.07) is 10.6. The van der Waals surface area contributed by atoms with Crippen LogP contribution in [-0.4, -0.2) is 16.8 Å². The third-order valence-corrected chi connectivity index (χ3v) is 3.89. The van der Waals surface area contributed by atoms with Gasteiger partial charge in [-0.1, -0.05) is 51.1 Å². The topological polar surface area (TPSA) is 20.3 Å². The van der Waals surface area contributed by atoms with Crippen LogP contribution in [0.2, 0.25) is 0 Å². The standard InChI is InChI=1S/C17H25NO/c1-13(15-10-11-15)18(16(19)17(2,3)4)12-14-8-6-5-7-9-14/h5-9,13,15H,10-12H2,1-4H3. The molecule has 0 radical (unpaired) electrons. The van der Waals surface area contributed by atoms with Gasteiger partial charge in [-0.2, -0.15) is 0 Å². The van der Waals surface area contributed by atoms with Crippen molar-refractivity contribution in [1.29, 1.82) is 0 Å². The molecule has 0 N–H and O–H groups in total. The molecule has 0 bridgehead atoms. The lowest BCUT2D eigenvalue weighted by molar-refractivity contribution is -0.142. The van der Waals surface area contributed by atoms with Crippen LogP contribution in [0.5, 0.6) is 0 Å². The molecule has 1 atom stereocenters. The number of hydrogen-bond acceptors (Lipinski definition) is 1. The summed E-state index contributed by atoms with van der Waals surface area (Å²) in [7, 11) is 0. The first-order valence-corrected chi connectivity index (χ1v) is 7.24. The SMILES string of the molecule is CC(C1CC1)N(Cc1ccccc1)C(=O)C(C)(C)C. The Morgan fingerprint density at radius 1 is 1.26 bits per heavy atom. The van der Waals surface area contributed by atoms with E-state index in [0.29, 0.717) is 12.0 Å². The van der Waals surface area contributed by atoms with Crippen molar-refractivity contribution in [3.8, 4) is 0 Å². The van der Waals surface area contributed by atoms with Crippen molar-refractivity contribution in [3.05, 3.63) is 35.9 Å². The van der Waals surface area contributed by atoms with Crippen LogP contribution in [0.4, 0.5) is 0 Å². The lowest BCUT2D eigenvalue weighted by Crippen LogP contribution is -2.45. The Morgan fingerprint density at radius 2 is 1.84 bits per heavy atom. The summed E-state index contributed by atoms with van der Waals surface area (Å²) in [6.45, 7) is 8.95. The largest absolute Gasteiger partial charge is 0.335 e. The third-order valence-electron chi connectivity index (χ3n) is 3.89. The number of carbonyl (C=O) groups is 1. The number of carbonyl (C=O) groups excluding carboxylic acids is 1. The van der Waals surface area contributed by atoms with E-state index < -0.39 is 0 Å². The summed E-state index contributed by atoms with van der Waals surface area (Å²) in [6.07, 6.45) is 2.54. The van der Waals surface area contributed by atoms with Crippen LogP contribution in [0.1, 0.15) is 46.1 Å². The van der Waals surface area contributed by atoms with Gasteiger partial charge in [-0.25, -0.2) is 0 Å². The Balaban J connectivity index is 2.16. The number of nitrogens with zero attached hydrogens (tertiary/aromatic N) is 1. The molecule has 2 nitrogen and oxygen atoms in total. The Hall–Kier alpha value is -1.31. The monoisotopic (exact) mass is 259 g/mol. The number of amides is 1. The second-order valence-corrected chi connectivity index (χ2v) is 6.75. The molecule has 0 spiro atoms. The van der Waals surface area contributed by atoms with E-state index in [1.54, 1.807) is 0 Å². The van der Waals surface area contributed by atoms with Gasteiger partial charge in [-0.15, -0.1) is 0 Å². The van der Waals surface area contributed by atoms with Crippen molar-refractivity contribution in [2.45, 2.75) is 53.1 Å². The minimum atomic E-state index is -0.308. The number of benzene rings is 1. The molecule has 0 heterocycles. The van der Waals surface area contributed by atoms with Crippen LogP contribution in [0.15, 0.2) is 30.3 Å². The molecule has 1 unspecified atom stereocenters. The molecule has 1 amide bonds. The summed E-state index contributed by atoms with van der Waals surface area (Å²) in [5.74, 6) is 0.964. The van der Waals surface area contributed by atoms with E-state index in [9.17, 15) is 4.79 Å². The molecule has 0 aromatic heterocycles. The molecule has 1 aliphatic carbocycles. The maximum absolute atomic E-state index is 12.7.